The summed E-state index contributed by atoms with van der Waals surface area (Å²) in [5.74, 6) is -2.14. The number of ether oxygens (including phenoxy) is 5. The molecule has 3 rings (SSSR count). The van der Waals surface area contributed by atoms with Gasteiger partial charge in [0.25, 0.3) is 0 Å². The smallest absolute Gasteiger partial charge is 0.337 e. The van der Waals surface area contributed by atoms with Gasteiger partial charge < -0.3 is 54.3 Å². The third-order valence-corrected chi connectivity index (χ3v) is 5.44. The van der Waals surface area contributed by atoms with Crippen molar-refractivity contribution in [2.24, 2.45) is 11.8 Å². The summed E-state index contributed by atoms with van der Waals surface area (Å²) in [6.45, 7) is -1.16. The minimum absolute atomic E-state index is 0.00000144. The topological polar surface area (TPSA) is 185 Å². The number of hydrogen-bond donors (Lipinski definition) is 6. The molecule has 3 aliphatic rings. The fourth-order valence-electron chi connectivity index (χ4n) is 3.92. The van der Waals surface area contributed by atoms with Gasteiger partial charge in [0.1, 0.15) is 24.4 Å². The van der Waals surface area contributed by atoms with Crippen LogP contribution in [0, 0.1) is 11.8 Å². The number of carbonyl (C=O) groups is 1. The van der Waals surface area contributed by atoms with E-state index in [9.17, 15) is 35.4 Å². The Morgan fingerprint density at radius 2 is 1.72 bits per heavy atom. The van der Waals surface area contributed by atoms with Crippen LogP contribution in [0.3, 0.4) is 0 Å². The Balaban J connectivity index is 1.84. The number of aliphatic hydroxyl groups is 6. The van der Waals surface area contributed by atoms with E-state index in [0.29, 0.717) is 0 Å². The number of fused-ring (bicyclic) bond motifs is 1. The maximum Gasteiger partial charge on any atom is 0.337 e. The van der Waals surface area contributed by atoms with Crippen molar-refractivity contribution in [1.29, 1.82) is 0 Å². The largest absolute Gasteiger partial charge is 0.471 e. The Hall–Kier alpha value is -1.35. The Bertz CT molecular complexity index is 609. The molecule has 3 heterocycles. The second-order valence-electron chi connectivity index (χ2n) is 7.13. The Kier molecular flexibility index (Phi) is 7.09. The molecular formula is C17H26O12. The van der Waals surface area contributed by atoms with E-state index >= 15 is 0 Å². The fourth-order valence-corrected chi connectivity index (χ4v) is 3.92. The first-order chi connectivity index (χ1) is 13.8. The summed E-state index contributed by atoms with van der Waals surface area (Å²) >= 11 is 0. The SMILES string of the molecule is COC(=O)C1=COC(OC2OC(CO)C(O)C(O)C2O)C2C(CO)OC(O)CC12. The van der Waals surface area contributed by atoms with Crippen molar-refractivity contribution in [2.75, 3.05) is 20.3 Å². The molecule has 12 heteroatoms. The van der Waals surface area contributed by atoms with E-state index in [1.807, 2.05) is 0 Å². The summed E-state index contributed by atoms with van der Waals surface area (Å²) in [6.07, 6.45) is -9.87. The van der Waals surface area contributed by atoms with Gasteiger partial charge in [0.05, 0.1) is 44.2 Å². The Labute approximate surface area is 165 Å². The molecule has 0 spiro atoms. The zero-order valence-corrected chi connectivity index (χ0v) is 15.6. The lowest BCUT2D eigenvalue weighted by Crippen LogP contribution is -2.61. The van der Waals surface area contributed by atoms with E-state index in [1.165, 1.54) is 7.11 Å². The van der Waals surface area contributed by atoms with Crippen molar-refractivity contribution in [1.82, 2.24) is 0 Å². The number of rotatable bonds is 5. The summed E-state index contributed by atoms with van der Waals surface area (Å²) in [5.41, 5.74) is 0.118. The van der Waals surface area contributed by atoms with E-state index in [0.717, 1.165) is 6.26 Å². The highest BCUT2D eigenvalue weighted by Crippen LogP contribution is 2.42. The van der Waals surface area contributed by atoms with Gasteiger partial charge in [-0.05, 0) is 0 Å². The first kappa shape index (κ1) is 22.3. The normalized spacial score (nSPS) is 45.0. The molecule has 0 aromatic rings. The summed E-state index contributed by atoms with van der Waals surface area (Å²) in [4.78, 5) is 12.1. The second kappa shape index (κ2) is 9.20. The molecule has 0 amide bonds. The van der Waals surface area contributed by atoms with Crippen molar-refractivity contribution in [2.45, 2.75) is 55.8 Å². The van der Waals surface area contributed by atoms with Gasteiger partial charge in [0, 0.05) is 12.3 Å². The van der Waals surface area contributed by atoms with Gasteiger partial charge in [-0.1, -0.05) is 0 Å². The van der Waals surface area contributed by atoms with E-state index in [2.05, 4.69) is 0 Å². The highest BCUT2D eigenvalue weighted by atomic mass is 16.8. The average Bonchev–Trinajstić information content (AvgIpc) is 2.72. The van der Waals surface area contributed by atoms with Crippen LogP contribution in [0.2, 0.25) is 0 Å². The first-order valence-electron chi connectivity index (χ1n) is 9.16. The predicted molar refractivity (Wildman–Crippen MR) is 89.4 cm³/mol. The van der Waals surface area contributed by atoms with Gasteiger partial charge in [-0.3, -0.25) is 0 Å². The molecule has 0 bridgehead atoms. The van der Waals surface area contributed by atoms with Crippen molar-refractivity contribution >= 4 is 5.97 Å². The van der Waals surface area contributed by atoms with Crippen LogP contribution in [0.5, 0.6) is 0 Å². The van der Waals surface area contributed by atoms with Gasteiger partial charge in [0.2, 0.25) is 6.29 Å². The van der Waals surface area contributed by atoms with Crippen LogP contribution in [0.15, 0.2) is 11.8 Å². The van der Waals surface area contributed by atoms with Crippen molar-refractivity contribution in [3.63, 3.8) is 0 Å². The standard InChI is InChI=1S/C17H26O12/c1-25-15(24)7-5-26-16(11-6(7)2-10(20)27-8(11)3-18)29-17-14(23)13(22)12(21)9(4-19)28-17/h5-6,8-14,16-23H,2-4H2,1H3. The number of aliphatic hydroxyl groups excluding tert-OH is 6. The van der Waals surface area contributed by atoms with Gasteiger partial charge in [-0.25, -0.2) is 4.79 Å². The second-order valence-corrected chi connectivity index (χ2v) is 7.13. The van der Waals surface area contributed by atoms with Crippen LogP contribution < -0.4 is 0 Å². The van der Waals surface area contributed by atoms with Crippen LogP contribution in [-0.2, 0) is 28.5 Å². The predicted octanol–water partition coefficient (Wildman–Crippen LogP) is -3.45. The minimum atomic E-state index is -1.66. The number of hydrogen-bond acceptors (Lipinski definition) is 12. The zero-order valence-electron chi connectivity index (χ0n) is 15.6. The molecule has 10 atom stereocenters. The number of methoxy groups -OCH3 is 1. The van der Waals surface area contributed by atoms with E-state index in [-0.39, 0.29) is 12.0 Å². The maximum atomic E-state index is 12.1. The molecular weight excluding hydrogens is 396 g/mol. The average molecular weight is 422 g/mol. The number of carbonyl (C=O) groups excluding carboxylic acids is 1. The highest BCUT2D eigenvalue weighted by molar-refractivity contribution is 5.88. The van der Waals surface area contributed by atoms with Crippen molar-refractivity contribution in [3.8, 4) is 0 Å². The lowest BCUT2D eigenvalue weighted by Gasteiger charge is -2.47. The molecule has 0 saturated carbocycles. The third kappa shape index (κ3) is 4.26. The summed E-state index contributed by atoms with van der Waals surface area (Å²) in [6, 6.07) is 0. The number of esters is 1. The Morgan fingerprint density at radius 1 is 1.03 bits per heavy atom. The van der Waals surface area contributed by atoms with Crippen LogP contribution in [0.4, 0.5) is 0 Å². The molecule has 12 nitrogen and oxygen atoms in total. The van der Waals surface area contributed by atoms with Crippen LogP contribution in [0.1, 0.15) is 6.42 Å². The molecule has 0 aliphatic carbocycles. The fraction of sp³-hybridized carbons (Fsp3) is 0.824. The van der Waals surface area contributed by atoms with Crippen LogP contribution in [0.25, 0.3) is 0 Å². The molecule has 10 unspecified atom stereocenters. The molecule has 3 aliphatic heterocycles. The summed E-state index contributed by atoms with van der Waals surface area (Å²) in [7, 11) is 1.19. The zero-order chi connectivity index (χ0) is 21.3. The monoisotopic (exact) mass is 422 g/mol. The van der Waals surface area contributed by atoms with E-state index in [1.54, 1.807) is 0 Å². The molecule has 166 valence electrons. The van der Waals surface area contributed by atoms with Gasteiger partial charge in [-0.2, -0.15) is 0 Å². The third-order valence-electron chi connectivity index (χ3n) is 5.44. The molecule has 2 saturated heterocycles. The highest BCUT2D eigenvalue weighted by Gasteiger charge is 2.52. The quantitative estimate of drug-likeness (QED) is 0.241. The molecule has 0 aromatic carbocycles. The molecule has 2 fully saturated rings. The lowest BCUT2D eigenvalue weighted by molar-refractivity contribution is -0.354. The first-order valence-corrected chi connectivity index (χ1v) is 9.16. The Morgan fingerprint density at radius 3 is 2.34 bits per heavy atom. The van der Waals surface area contributed by atoms with Gasteiger partial charge in [-0.15, -0.1) is 0 Å². The van der Waals surface area contributed by atoms with E-state index < -0.39 is 80.4 Å². The maximum absolute atomic E-state index is 12.1. The molecule has 0 radical (unpaired) electrons. The lowest BCUT2D eigenvalue weighted by atomic mass is 9.76. The van der Waals surface area contributed by atoms with Crippen molar-refractivity contribution in [3.05, 3.63) is 11.8 Å². The van der Waals surface area contributed by atoms with Gasteiger partial charge >= 0.3 is 5.97 Å². The van der Waals surface area contributed by atoms with Gasteiger partial charge in [0.15, 0.2) is 12.6 Å². The van der Waals surface area contributed by atoms with E-state index in [4.69, 9.17) is 23.7 Å². The van der Waals surface area contributed by atoms with Crippen LogP contribution in [-0.4, -0.2) is 106 Å². The van der Waals surface area contributed by atoms with Crippen LogP contribution >= 0.6 is 0 Å². The van der Waals surface area contributed by atoms with Crippen molar-refractivity contribution < 1.29 is 59.1 Å². The summed E-state index contributed by atoms with van der Waals surface area (Å²) < 4.78 is 26.5. The summed E-state index contributed by atoms with van der Waals surface area (Å²) in [5, 5.41) is 58.9. The minimum Gasteiger partial charge on any atom is -0.471 e. The molecule has 0 aromatic heterocycles. The molecule has 29 heavy (non-hydrogen) atoms. The molecule has 6 N–H and O–H groups in total.